The lowest BCUT2D eigenvalue weighted by Gasteiger charge is -2.44. The number of carbonyl (C=O) groups excluding carboxylic acids is 2. The van der Waals surface area contributed by atoms with Crippen LogP contribution in [0.15, 0.2) is 36.5 Å². The van der Waals surface area contributed by atoms with Gasteiger partial charge in [-0.1, -0.05) is 6.07 Å². The highest BCUT2D eigenvalue weighted by molar-refractivity contribution is 6.05. The maximum absolute atomic E-state index is 13.1. The maximum Gasteiger partial charge on any atom is 0.433 e. The Balaban J connectivity index is 0.968. The first-order valence-corrected chi connectivity index (χ1v) is 18.5. The molecule has 1 N–H and O–H groups in total. The van der Waals surface area contributed by atoms with Crippen molar-refractivity contribution in [2.24, 2.45) is 5.92 Å². The number of aromatic nitrogens is 3. The Morgan fingerprint density at radius 2 is 1.63 bits per heavy atom. The van der Waals surface area contributed by atoms with Gasteiger partial charge in [-0.2, -0.15) is 18.3 Å². The smallest absolute Gasteiger partial charge is 0.433 e. The molecule has 3 aliphatic rings. The van der Waals surface area contributed by atoms with Crippen molar-refractivity contribution < 1.29 is 32.2 Å². The standard InChI is InChI=1S/C38H52F3N7O4/c1-37(2,3)52-36(50)47-19-15-28(16-20-47)46-17-13-27(14-18-46)45(4)23-25-9-11-29(12-10-25)48-24-26-21-32(33(51-5)22-31(26)44-48)43-35(49)30-7-6-8-34(42-30)38(39,40)41/h6-8,21-22,24-25,27-29H,9-20,23H2,1-5H3,(H,43,49). The van der Waals surface area contributed by atoms with Crippen LogP contribution in [0.2, 0.25) is 0 Å². The van der Waals surface area contributed by atoms with Gasteiger partial charge in [-0.05, 0) is 116 Å². The lowest BCUT2D eigenvalue weighted by atomic mass is 9.85. The van der Waals surface area contributed by atoms with Gasteiger partial charge in [0, 0.05) is 49.4 Å². The number of hydrogen-bond acceptors (Lipinski definition) is 8. The molecule has 0 bridgehead atoms. The van der Waals surface area contributed by atoms with E-state index < -0.39 is 23.4 Å². The number of hydrogen-bond donors (Lipinski definition) is 1. The normalized spacial score (nSPS) is 21.4. The van der Waals surface area contributed by atoms with Crippen LogP contribution in [-0.2, 0) is 10.9 Å². The van der Waals surface area contributed by atoms with Gasteiger partial charge in [-0.25, -0.2) is 9.78 Å². The second kappa shape index (κ2) is 15.6. The number of piperidine rings is 2. The Morgan fingerprint density at radius 1 is 0.942 bits per heavy atom. The Bertz CT molecular complexity index is 1700. The number of fused-ring (bicyclic) bond motifs is 1. The molecule has 3 fully saturated rings. The number of anilines is 1. The molecular formula is C38H52F3N7O4. The Morgan fingerprint density at radius 3 is 2.27 bits per heavy atom. The molecular weight excluding hydrogens is 675 g/mol. The highest BCUT2D eigenvalue weighted by Gasteiger charge is 2.34. The summed E-state index contributed by atoms with van der Waals surface area (Å²) in [6.45, 7) is 10.5. The minimum absolute atomic E-state index is 0.199. The molecule has 2 saturated heterocycles. The first-order valence-electron chi connectivity index (χ1n) is 18.5. The maximum atomic E-state index is 13.1. The number of ether oxygens (including phenoxy) is 2. The van der Waals surface area contributed by atoms with E-state index in [1.807, 2.05) is 36.5 Å². The van der Waals surface area contributed by atoms with Crippen LogP contribution in [-0.4, -0.2) is 106 Å². The molecule has 1 aromatic carbocycles. The zero-order valence-electron chi connectivity index (χ0n) is 30.9. The summed E-state index contributed by atoms with van der Waals surface area (Å²) < 4.78 is 52.5. The SMILES string of the molecule is COc1cc2nn(C3CCC(CN(C)C4CCN(C5CCN(C(=O)OC(C)(C)C)CC5)CC4)CC3)cc2cc1NC(=O)c1cccc(C(F)(F)F)n1. The molecule has 3 aromatic rings. The van der Waals surface area contributed by atoms with Crippen LogP contribution >= 0.6 is 0 Å². The second-order valence-electron chi connectivity index (χ2n) is 15.7. The first kappa shape index (κ1) is 37.8. The molecule has 284 valence electrons. The molecule has 0 atom stereocenters. The van der Waals surface area contributed by atoms with E-state index in [0.717, 1.165) is 88.8 Å². The van der Waals surface area contributed by atoms with Crippen molar-refractivity contribution in [2.45, 2.75) is 102 Å². The first-order chi connectivity index (χ1) is 24.7. The largest absolute Gasteiger partial charge is 0.494 e. The average molecular weight is 728 g/mol. The molecule has 11 nitrogen and oxygen atoms in total. The third-order valence-electron chi connectivity index (χ3n) is 10.9. The van der Waals surface area contributed by atoms with Gasteiger partial charge in [0.1, 0.15) is 22.7 Å². The molecule has 2 aromatic heterocycles. The van der Waals surface area contributed by atoms with Crippen molar-refractivity contribution in [3.8, 4) is 5.75 Å². The third kappa shape index (κ3) is 9.17. The topological polar surface area (TPSA) is 105 Å². The summed E-state index contributed by atoms with van der Waals surface area (Å²) in [7, 11) is 3.75. The van der Waals surface area contributed by atoms with Crippen LogP contribution in [0.1, 0.15) is 94.4 Å². The van der Waals surface area contributed by atoms with Crippen molar-refractivity contribution in [1.82, 2.24) is 29.5 Å². The fraction of sp³-hybridized carbons (Fsp3) is 0.632. The van der Waals surface area contributed by atoms with Gasteiger partial charge in [-0.15, -0.1) is 0 Å². The summed E-state index contributed by atoms with van der Waals surface area (Å²) in [5, 5.41) is 8.30. The van der Waals surface area contributed by atoms with Crippen LogP contribution in [0.5, 0.6) is 5.75 Å². The summed E-state index contributed by atoms with van der Waals surface area (Å²) in [6, 6.07) is 8.09. The summed E-state index contributed by atoms with van der Waals surface area (Å²) >= 11 is 0. The quantitative estimate of drug-likeness (QED) is 0.259. The second-order valence-corrected chi connectivity index (χ2v) is 15.7. The van der Waals surface area contributed by atoms with E-state index in [1.165, 1.54) is 26.0 Å². The molecule has 0 spiro atoms. The van der Waals surface area contributed by atoms with Crippen molar-refractivity contribution in [3.63, 3.8) is 0 Å². The van der Waals surface area contributed by atoms with E-state index in [4.69, 9.17) is 14.6 Å². The Kier molecular flexibility index (Phi) is 11.3. The number of nitrogens with zero attached hydrogens (tertiary/aromatic N) is 6. The molecule has 14 heteroatoms. The van der Waals surface area contributed by atoms with Gasteiger partial charge in [-0.3, -0.25) is 9.48 Å². The Hall–Kier alpha value is -3.91. The molecule has 2 aliphatic heterocycles. The molecule has 0 radical (unpaired) electrons. The zero-order valence-corrected chi connectivity index (χ0v) is 30.9. The molecule has 0 unspecified atom stereocenters. The van der Waals surface area contributed by atoms with Crippen LogP contribution in [0.4, 0.5) is 23.7 Å². The van der Waals surface area contributed by atoms with Gasteiger partial charge in [0.15, 0.2) is 0 Å². The number of rotatable bonds is 8. The van der Waals surface area contributed by atoms with Crippen molar-refractivity contribution >= 4 is 28.6 Å². The summed E-state index contributed by atoms with van der Waals surface area (Å²) in [5.41, 5.74) is -0.884. The van der Waals surface area contributed by atoms with Crippen molar-refractivity contribution in [3.05, 3.63) is 47.9 Å². The van der Waals surface area contributed by atoms with Gasteiger partial charge >= 0.3 is 12.3 Å². The number of halogens is 3. The number of alkyl halides is 3. The van der Waals surface area contributed by atoms with E-state index in [1.54, 1.807) is 12.1 Å². The van der Waals surface area contributed by atoms with Crippen LogP contribution in [0.25, 0.3) is 10.9 Å². The number of likely N-dealkylation sites (tertiary alicyclic amines) is 2. The van der Waals surface area contributed by atoms with Gasteiger partial charge < -0.3 is 29.5 Å². The highest BCUT2D eigenvalue weighted by Crippen LogP contribution is 2.36. The van der Waals surface area contributed by atoms with Crippen molar-refractivity contribution in [2.75, 3.05) is 52.2 Å². The van der Waals surface area contributed by atoms with Crippen LogP contribution in [0, 0.1) is 5.92 Å². The molecule has 1 aliphatic carbocycles. The summed E-state index contributed by atoms with van der Waals surface area (Å²) in [5.74, 6) is 0.231. The number of carbonyl (C=O) groups is 2. The molecule has 2 amide bonds. The van der Waals surface area contributed by atoms with E-state index in [9.17, 15) is 22.8 Å². The number of benzene rings is 1. The lowest BCUT2D eigenvalue weighted by Crippen LogP contribution is -2.52. The van der Waals surface area contributed by atoms with Crippen molar-refractivity contribution in [1.29, 1.82) is 0 Å². The predicted octanol–water partition coefficient (Wildman–Crippen LogP) is 7.24. The molecule has 4 heterocycles. The number of nitrogens with one attached hydrogen (secondary N) is 1. The number of pyridine rings is 1. The zero-order chi connectivity index (χ0) is 37.2. The summed E-state index contributed by atoms with van der Waals surface area (Å²) in [6.07, 6.45) is 5.74. The predicted molar refractivity (Wildman–Crippen MR) is 193 cm³/mol. The van der Waals surface area contributed by atoms with E-state index in [0.29, 0.717) is 35.0 Å². The number of amides is 2. The minimum atomic E-state index is -4.65. The molecule has 52 heavy (non-hydrogen) atoms. The van der Waals surface area contributed by atoms with Crippen LogP contribution in [0.3, 0.4) is 0 Å². The van der Waals surface area contributed by atoms with Gasteiger partial charge in [0.2, 0.25) is 0 Å². The Labute approximate surface area is 303 Å². The molecule has 1 saturated carbocycles. The van der Waals surface area contributed by atoms with E-state index in [-0.39, 0.29) is 17.8 Å². The monoisotopic (exact) mass is 727 g/mol. The van der Waals surface area contributed by atoms with E-state index >= 15 is 0 Å². The van der Waals surface area contributed by atoms with Crippen LogP contribution < -0.4 is 10.1 Å². The summed E-state index contributed by atoms with van der Waals surface area (Å²) in [4.78, 5) is 35.9. The minimum Gasteiger partial charge on any atom is -0.494 e. The van der Waals surface area contributed by atoms with Gasteiger partial charge in [0.25, 0.3) is 5.91 Å². The highest BCUT2D eigenvalue weighted by atomic mass is 19.4. The molecule has 6 rings (SSSR count). The fourth-order valence-electron chi connectivity index (χ4n) is 8.01. The fourth-order valence-corrected chi connectivity index (χ4v) is 8.01. The number of methoxy groups -OCH3 is 1. The third-order valence-corrected chi connectivity index (χ3v) is 10.9. The lowest BCUT2D eigenvalue weighted by molar-refractivity contribution is -0.141. The van der Waals surface area contributed by atoms with Gasteiger partial charge in [0.05, 0.1) is 24.4 Å². The average Bonchev–Trinajstić information content (AvgIpc) is 3.53. The van der Waals surface area contributed by atoms with E-state index in [2.05, 4.69) is 27.1 Å².